The van der Waals surface area contributed by atoms with Gasteiger partial charge in [0.15, 0.2) is 0 Å². The minimum Gasteiger partial charge on any atom is -0.496 e. The van der Waals surface area contributed by atoms with Crippen LogP contribution in [0.15, 0.2) is 36.0 Å². The Bertz CT molecular complexity index is 211. The molecule has 1 rings (SSSR count). The summed E-state index contributed by atoms with van der Waals surface area (Å²) < 4.78 is 10.1. The molecule has 0 saturated heterocycles. The highest BCUT2D eigenvalue weighted by Gasteiger charge is 2.04. The van der Waals surface area contributed by atoms with Gasteiger partial charge in [0.25, 0.3) is 0 Å². The lowest BCUT2D eigenvalue weighted by Gasteiger charge is -2.12. The van der Waals surface area contributed by atoms with E-state index in [1.807, 2.05) is 13.0 Å². The van der Waals surface area contributed by atoms with E-state index < -0.39 is 0 Å². The van der Waals surface area contributed by atoms with E-state index in [0.29, 0.717) is 5.76 Å². The maximum Gasteiger partial charge on any atom is 0.125 e. The van der Waals surface area contributed by atoms with E-state index in [-0.39, 0.29) is 0 Å². The summed E-state index contributed by atoms with van der Waals surface area (Å²) in [6.07, 6.45) is 3.56. The molecule has 0 saturated carbocycles. The van der Waals surface area contributed by atoms with Crippen molar-refractivity contribution < 1.29 is 9.47 Å². The normalized spacial score (nSPS) is 17.2. The maximum atomic E-state index is 5.13. The SMILES string of the molecule is C=C1C=C(OC)C=C(C)O1. The molecule has 1 aliphatic heterocycles. The average Bonchev–Trinajstić information content (AvgIpc) is 1.85. The van der Waals surface area contributed by atoms with Crippen molar-refractivity contribution in [1.82, 2.24) is 0 Å². The highest BCUT2D eigenvalue weighted by molar-refractivity contribution is 5.27. The summed E-state index contributed by atoms with van der Waals surface area (Å²) in [5.41, 5.74) is 0. The summed E-state index contributed by atoms with van der Waals surface area (Å²) >= 11 is 0. The first-order chi connectivity index (χ1) is 4.72. The third-order valence-corrected chi connectivity index (χ3v) is 1.18. The topological polar surface area (TPSA) is 18.5 Å². The molecule has 54 valence electrons. The standard InChI is InChI=1S/C8H10O2/c1-6-4-8(9-3)5-7(2)10-6/h4-5H,1H2,2-3H3. The zero-order chi connectivity index (χ0) is 7.56. The van der Waals surface area contributed by atoms with E-state index in [1.54, 1.807) is 13.2 Å². The average molecular weight is 138 g/mol. The number of hydrogen-bond acceptors (Lipinski definition) is 2. The van der Waals surface area contributed by atoms with E-state index in [9.17, 15) is 0 Å². The third kappa shape index (κ3) is 1.41. The Kier molecular flexibility index (Phi) is 1.81. The van der Waals surface area contributed by atoms with Crippen LogP contribution in [0.2, 0.25) is 0 Å². The summed E-state index contributed by atoms with van der Waals surface area (Å²) in [5, 5.41) is 0. The number of allylic oxidation sites excluding steroid dienone is 3. The van der Waals surface area contributed by atoms with Crippen LogP contribution in [0.5, 0.6) is 0 Å². The van der Waals surface area contributed by atoms with Gasteiger partial charge in [0, 0.05) is 12.2 Å². The van der Waals surface area contributed by atoms with Crippen LogP contribution >= 0.6 is 0 Å². The monoisotopic (exact) mass is 138 g/mol. The molecule has 0 aromatic rings. The van der Waals surface area contributed by atoms with Crippen molar-refractivity contribution >= 4 is 0 Å². The predicted molar refractivity (Wildman–Crippen MR) is 39.1 cm³/mol. The molecule has 2 heteroatoms. The first-order valence-electron chi connectivity index (χ1n) is 3.03. The van der Waals surface area contributed by atoms with E-state index in [1.165, 1.54) is 0 Å². The Hall–Kier alpha value is -1.18. The highest BCUT2D eigenvalue weighted by Crippen LogP contribution is 2.16. The Morgan fingerprint density at radius 3 is 2.70 bits per heavy atom. The highest BCUT2D eigenvalue weighted by atomic mass is 16.5. The van der Waals surface area contributed by atoms with Crippen LogP contribution in [0.25, 0.3) is 0 Å². The van der Waals surface area contributed by atoms with Gasteiger partial charge in [-0.15, -0.1) is 0 Å². The van der Waals surface area contributed by atoms with Gasteiger partial charge in [-0.1, -0.05) is 6.58 Å². The molecule has 0 amide bonds. The van der Waals surface area contributed by atoms with Gasteiger partial charge in [0.1, 0.15) is 17.3 Å². The largest absolute Gasteiger partial charge is 0.496 e. The Morgan fingerprint density at radius 2 is 2.20 bits per heavy atom. The number of ether oxygens (including phenoxy) is 2. The summed E-state index contributed by atoms with van der Waals surface area (Å²) in [6.45, 7) is 5.50. The predicted octanol–water partition coefficient (Wildman–Crippen LogP) is 1.96. The number of methoxy groups -OCH3 is 1. The quantitative estimate of drug-likeness (QED) is 0.551. The molecule has 10 heavy (non-hydrogen) atoms. The summed E-state index contributed by atoms with van der Waals surface area (Å²) in [7, 11) is 1.62. The fraction of sp³-hybridized carbons (Fsp3) is 0.250. The van der Waals surface area contributed by atoms with Crippen LogP contribution < -0.4 is 0 Å². The van der Waals surface area contributed by atoms with Crippen molar-refractivity contribution in [3.63, 3.8) is 0 Å². The number of rotatable bonds is 1. The van der Waals surface area contributed by atoms with E-state index in [0.717, 1.165) is 11.5 Å². The van der Waals surface area contributed by atoms with Gasteiger partial charge in [-0.3, -0.25) is 0 Å². The van der Waals surface area contributed by atoms with Crippen molar-refractivity contribution in [3.05, 3.63) is 36.0 Å². The maximum absolute atomic E-state index is 5.13. The van der Waals surface area contributed by atoms with Crippen LogP contribution in [-0.4, -0.2) is 7.11 Å². The zero-order valence-corrected chi connectivity index (χ0v) is 6.18. The fourth-order valence-electron chi connectivity index (χ4n) is 0.784. The molecule has 0 bridgehead atoms. The molecule has 0 N–H and O–H groups in total. The molecular formula is C8H10O2. The van der Waals surface area contributed by atoms with Gasteiger partial charge in [-0.25, -0.2) is 0 Å². The first-order valence-corrected chi connectivity index (χ1v) is 3.03. The van der Waals surface area contributed by atoms with Crippen molar-refractivity contribution in [3.8, 4) is 0 Å². The molecule has 1 aliphatic rings. The van der Waals surface area contributed by atoms with Crippen LogP contribution in [0.1, 0.15) is 6.92 Å². The molecule has 0 unspecified atom stereocenters. The van der Waals surface area contributed by atoms with Crippen molar-refractivity contribution in [1.29, 1.82) is 0 Å². The van der Waals surface area contributed by atoms with Crippen molar-refractivity contribution in [2.24, 2.45) is 0 Å². The van der Waals surface area contributed by atoms with E-state index in [2.05, 4.69) is 6.58 Å². The Morgan fingerprint density at radius 1 is 1.50 bits per heavy atom. The van der Waals surface area contributed by atoms with Gasteiger partial charge in [0.2, 0.25) is 0 Å². The molecule has 0 atom stereocenters. The van der Waals surface area contributed by atoms with Crippen molar-refractivity contribution in [2.45, 2.75) is 6.92 Å². The first kappa shape index (κ1) is 6.93. The molecule has 0 spiro atoms. The molecule has 0 aliphatic carbocycles. The summed E-state index contributed by atoms with van der Waals surface area (Å²) in [5.74, 6) is 2.22. The van der Waals surface area contributed by atoms with Crippen molar-refractivity contribution in [2.75, 3.05) is 7.11 Å². The lowest BCUT2D eigenvalue weighted by Crippen LogP contribution is -1.96. The summed E-state index contributed by atoms with van der Waals surface area (Å²) in [4.78, 5) is 0. The van der Waals surface area contributed by atoms with Gasteiger partial charge >= 0.3 is 0 Å². The zero-order valence-electron chi connectivity index (χ0n) is 6.18. The fourth-order valence-corrected chi connectivity index (χ4v) is 0.784. The minimum atomic E-state index is 0.622. The molecule has 0 fully saturated rings. The smallest absolute Gasteiger partial charge is 0.125 e. The van der Waals surface area contributed by atoms with Crippen LogP contribution in [0.3, 0.4) is 0 Å². The Labute approximate surface area is 60.4 Å². The second-order valence-electron chi connectivity index (χ2n) is 2.07. The molecule has 0 radical (unpaired) electrons. The molecule has 2 nitrogen and oxygen atoms in total. The van der Waals surface area contributed by atoms with Gasteiger partial charge in [-0.05, 0) is 6.92 Å². The summed E-state index contributed by atoms with van der Waals surface area (Å²) in [6, 6.07) is 0. The molecular weight excluding hydrogens is 128 g/mol. The molecule has 0 aromatic carbocycles. The van der Waals surface area contributed by atoms with E-state index in [4.69, 9.17) is 9.47 Å². The van der Waals surface area contributed by atoms with Gasteiger partial charge in [-0.2, -0.15) is 0 Å². The second-order valence-corrected chi connectivity index (χ2v) is 2.07. The number of hydrogen-bond donors (Lipinski definition) is 0. The second kappa shape index (κ2) is 2.60. The van der Waals surface area contributed by atoms with E-state index >= 15 is 0 Å². The van der Waals surface area contributed by atoms with Crippen LogP contribution in [0.4, 0.5) is 0 Å². The van der Waals surface area contributed by atoms with Crippen LogP contribution in [0, 0.1) is 0 Å². The Balaban J connectivity index is 2.82. The van der Waals surface area contributed by atoms with Gasteiger partial charge in [0.05, 0.1) is 7.11 Å². The van der Waals surface area contributed by atoms with Crippen LogP contribution in [-0.2, 0) is 9.47 Å². The van der Waals surface area contributed by atoms with Gasteiger partial charge < -0.3 is 9.47 Å². The molecule has 0 aromatic heterocycles. The lowest BCUT2D eigenvalue weighted by molar-refractivity contribution is 0.270. The minimum absolute atomic E-state index is 0.622. The lowest BCUT2D eigenvalue weighted by atomic mass is 10.3. The molecule has 1 heterocycles. The third-order valence-electron chi connectivity index (χ3n) is 1.18.